The van der Waals surface area contributed by atoms with Crippen LogP contribution in [0.1, 0.15) is 56.0 Å². The Labute approximate surface area is 242 Å². The van der Waals surface area contributed by atoms with Gasteiger partial charge < -0.3 is 9.47 Å². The maximum Gasteiger partial charge on any atom is 0.270 e. The van der Waals surface area contributed by atoms with E-state index in [1.165, 1.54) is 48.5 Å². The van der Waals surface area contributed by atoms with Crippen LogP contribution in [0.25, 0.3) is 10.8 Å². The van der Waals surface area contributed by atoms with Gasteiger partial charge in [0.2, 0.25) is 10.0 Å². The smallest absolute Gasteiger partial charge is 0.270 e. The molecular formula is C31H25N3O7S. The summed E-state index contributed by atoms with van der Waals surface area (Å²) in [6.07, 6.45) is 0. The van der Waals surface area contributed by atoms with Crippen molar-refractivity contribution in [3.63, 3.8) is 0 Å². The first kappa shape index (κ1) is 28.3. The van der Waals surface area contributed by atoms with Crippen molar-refractivity contribution in [3.05, 3.63) is 101 Å². The molecule has 0 aromatic heterocycles. The minimum absolute atomic E-state index is 0.0871. The van der Waals surface area contributed by atoms with E-state index < -0.39 is 33.5 Å². The van der Waals surface area contributed by atoms with Gasteiger partial charge in [0.15, 0.2) is 0 Å². The van der Waals surface area contributed by atoms with E-state index in [9.17, 15) is 22.8 Å². The topological polar surface area (TPSA) is 143 Å². The number of nitrogens with zero attached hydrogens (tertiary/aromatic N) is 2. The molecule has 1 heterocycles. The van der Waals surface area contributed by atoms with Gasteiger partial charge in [-0.25, -0.2) is 18.0 Å². The Kier molecular flexibility index (Phi) is 7.65. The lowest BCUT2D eigenvalue weighted by molar-refractivity contribution is 0.0922. The van der Waals surface area contributed by atoms with Gasteiger partial charge in [-0.05, 0) is 55.8 Å². The van der Waals surface area contributed by atoms with Crippen LogP contribution in [0.4, 0.5) is 5.69 Å². The van der Waals surface area contributed by atoms with E-state index in [0.29, 0.717) is 33.4 Å². The molecule has 212 valence electrons. The monoisotopic (exact) mass is 583 g/mol. The Balaban J connectivity index is 1.42. The van der Waals surface area contributed by atoms with Gasteiger partial charge in [-0.15, -0.1) is 0 Å². The average molecular weight is 584 g/mol. The van der Waals surface area contributed by atoms with Crippen molar-refractivity contribution in [1.29, 1.82) is 5.26 Å². The standard InChI is InChI=1S/C31H25N3O7S/c1-3-40-27-23-7-5-6-8-24(23)28(41-4-2)26-25(27)30(36)34(31(26)37)22-15-11-20(12-16-22)18-42(38,39)33-29(35)21-13-9-19(17-32)10-14-21/h5-16H,3-4,18H2,1-2H3,(H,33,35). The molecule has 10 nitrogen and oxygen atoms in total. The number of carbonyl (C=O) groups excluding carboxylic acids is 3. The number of carbonyl (C=O) groups is 3. The summed E-state index contributed by atoms with van der Waals surface area (Å²) in [5.74, 6) is -1.92. The Morgan fingerprint density at radius 2 is 1.36 bits per heavy atom. The van der Waals surface area contributed by atoms with Crippen LogP contribution < -0.4 is 19.1 Å². The first-order valence-electron chi connectivity index (χ1n) is 13.1. The lowest BCUT2D eigenvalue weighted by Crippen LogP contribution is -2.31. The number of amides is 3. The molecule has 1 aliphatic rings. The zero-order chi connectivity index (χ0) is 30.0. The lowest BCUT2D eigenvalue weighted by Gasteiger charge is -2.15. The summed E-state index contributed by atoms with van der Waals surface area (Å²) in [7, 11) is -4.09. The molecule has 0 saturated carbocycles. The molecular weight excluding hydrogens is 558 g/mol. The van der Waals surface area contributed by atoms with E-state index in [0.717, 1.165) is 4.90 Å². The number of hydrogen-bond donors (Lipinski definition) is 1. The molecule has 0 bridgehead atoms. The summed E-state index contributed by atoms with van der Waals surface area (Å²) in [6, 6.07) is 20.6. The van der Waals surface area contributed by atoms with Crippen molar-refractivity contribution in [1.82, 2.24) is 4.72 Å². The first-order chi connectivity index (χ1) is 20.2. The highest BCUT2D eigenvalue weighted by molar-refractivity contribution is 7.89. The Morgan fingerprint density at radius 1 is 0.833 bits per heavy atom. The van der Waals surface area contributed by atoms with Gasteiger partial charge in [-0.1, -0.05) is 36.4 Å². The summed E-state index contributed by atoms with van der Waals surface area (Å²) < 4.78 is 39.1. The third-order valence-corrected chi connectivity index (χ3v) is 7.82. The zero-order valence-electron chi connectivity index (χ0n) is 22.7. The molecule has 0 saturated heterocycles. The maximum atomic E-state index is 13.7. The van der Waals surface area contributed by atoms with Crippen molar-refractivity contribution in [2.24, 2.45) is 0 Å². The van der Waals surface area contributed by atoms with Crippen LogP contribution >= 0.6 is 0 Å². The summed E-state index contributed by atoms with van der Waals surface area (Å²) in [4.78, 5) is 40.9. The predicted molar refractivity (Wildman–Crippen MR) is 155 cm³/mol. The highest BCUT2D eigenvalue weighted by Crippen LogP contribution is 2.46. The number of benzene rings is 4. The second-order valence-corrected chi connectivity index (χ2v) is 11.0. The normalized spacial score (nSPS) is 12.6. The quantitative estimate of drug-likeness (QED) is 0.282. The van der Waals surface area contributed by atoms with E-state index in [4.69, 9.17) is 14.7 Å². The van der Waals surface area contributed by atoms with E-state index in [1.54, 1.807) is 26.0 Å². The number of hydrogen-bond acceptors (Lipinski definition) is 8. The highest BCUT2D eigenvalue weighted by Gasteiger charge is 2.43. The predicted octanol–water partition coefficient (Wildman–Crippen LogP) is 4.57. The van der Waals surface area contributed by atoms with E-state index >= 15 is 0 Å². The van der Waals surface area contributed by atoms with Crippen molar-refractivity contribution in [3.8, 4) is 17.6 Å². The van der Waals surface area contributed by atoms with Crippen molar-refractivity contribution >= 4 is 44.2 Å². The van der Waals surface area contributed by atoms with Gasteiger partial charge in [0.25, 0.3) is 17.7 Å². The number of nitriles is 1. The first-order valence-corrected chi connectivity index (χ1v) is 14.7. The molecule has 42 heavy (non-hydrogen) atoms. The van der Waals surface area contributed by atoms with Crippen LogP contribution in [0.2, 0.25) is 0 Å². The minimum Gasteiger partial charge on any atom is -0.492 e. The van der Waals surface area contributed by atoms with Gasteiger partial charge in [0, 0.05) is 16.3 Å². The summed E-state index contributed by atoms with van der Waals surface area (Å²) in [5.41, 5.74) is 1.21. The van der Waals surface area contributed by atoms with Gasteiger partial charge in [-0.3, -0.25) is 14.4 Å². The van der Waals surface area contributed by atoms with Crippen LogP contribution in [-0.2, 0) is 15.8 Å². The second kappa shape index (κ2) is 11.3. The van der Waals surface area contributed by atoms with E-state index in [1.807, 2.05) is 22.9 Å². The Morgan fingerprint density at radius 3 is 1.83 bits per heavy atom. The molecule has 0 atom stereocenters. The number of nitrogens with one attached hydrogen (secondary N) is 1. The van der Waals surface area contributed by atoms with E-state index in [-0.39, 0.29) is 35.6 Å². The second-order valence-electron chi connectivity index (χ2n) is 9.31. The van der Waals surface area contributed by atoms with Gasteiger partial charge >= 0.3 is 0 Å². The minimum atomic E-state index is -4.09. The number of anilines is 1. The van der Waals surface area contributed by atoms with Gasteiger partial charge in [0.05, 0.1) is 47.4 Å². The molecule has 11 heteroatoms. The Hall–Kier alpha value is -5.21. The van der Waals surface area contributed by atoms with Gasteiger partial charge in [0.1, 0.15) is 11.5 Å². The number of ether oxygens (including phenoxy) is 2. The molecule has 0 radical (unpaired) electrons. The molecule has 0 unspecified atom stereocenters. The van der Waals surface area contributed by atoms with Crippen LogP contribution in [0.5, 0.6) is 11.5 Å². The third kappa shape index (κ3) is 5.15. The molecule has 0 fully saturated rings. The van der Waals surface area contributed by atoms with Crippen LogP contribution in [-0.4, -0.2) is 39.4 Å². The largest absolute Gasteiger partial charge is 0.492 e. The zero-order valence-corrected chi connectivity index (χ0v) is 23.5. The summed E-state index contributed by atoms with van der Waals surface area (Å²) >= 11 is 0. The molecule has 4 aromatic rings. The molecule has 1 N–H and O–H groups in total. The molecule has 0 spiro atoms. The third-order valence-electron chi connectivity index (χ3n) is 6.61. The number of imide groups is 1. The SMILES string of the molecule is CCOc1c2c(c(OCC)c3ccccc13)C(=O)N(c1ccc(CS(=O)(=O)NC(=O)c3ccc(C#N)cc3)cc1)C2=O. The Bertz CT molecular complexity index is 1810. The van der Waals surface area contributed by atoms with Crippen LogP contribution in [0, 0.1) is 11.3 Å². The van der Waals surface area contributed by atoms with E-state index in [2.05, 4.69) is 0 Å². The number of fused-ring (bicyclic) bond motifs is 2. The molecule has 5 rings (SSSR count). The van der Waals surface area contributed by atoms with Crippen LogP contribution in [0.3, 0.4) is 0 Å². The van der Waals surface area contributed by atoms with Crippen molar-refractivity contribution < 1.29 is 32.3 Å². The molecule has 3 amide bonds. The molecule has 4 aromatic carbocycles. The van der Waals surface area contributed by atoms with Crippen molar-refractivity contribution in [2.75, 3.05) is 18.1 Å². The van der Waals surface area contributed by atoms with Crippen molar-refractivity contribution in [2.45, 2.75) is 19.6 Å². The highest BCUT2D eigenvalue weighted by atomic mass is 32.2. The summed E-state index contributed by atoms with van der Waals surface area (Å²) in [5, 5.41) is 10.2. The molecule has 1 aliphatic heterocycles. The molecule has 0 aliphatic carbocycles. The fraction of sp³-hybridized carbons (Fsp3) is 0.161. The van der Waals surface area contributed by atoms with Gasteiger partial charge in [-0.2, -0.15) is 5.26 Å². The number of rotatable bonds is 9. The number of sulfonamides is 1. The lowest BCUT2D eigenvalue weighted by atomic mass is 9.99. The van der Waals surface area contributed by atoms with Crippen LogP contribution in [0.15, 0.2) is 72.8 Å². The maximum absolute atomic E-state index is 13.7. The fourth-order valence-electron chi connectivity index (χ4n) is 4.82. The fourth-order valence-corrected chi connectivity index (χ4v) is 5.92. The summed E-state index contributed by atoms with van der Waals surface area (Å²) in [6.45, 7) is 4.12. The average Bonchev–Trinajstić information content (AvgIpc) is 3.24.